The van der Waals surface area contributed by atoms with Gasteiger partial charge in [-0.3, -0.25) is 9.59 Å². The summed E-state index contributed by atoms with van der Waals surface area (Å²) in [5.74, 6) is -1.61. The molecule has 1 fully saturated rings. The molecule has 2 aromatic rings. The second-order valence-corrected chi connectivity index (χ2v) is 6.09. The Bertz CT molecular complexity index is 747. The number of anilines is 1. The van der Waals surface area contributed by atoms with Crippen LogP contribution in [0.5, 0.6) is 0 Å². The van der Waals surface area contributed by atoms with Gasteiger partial charge in [-0.25, -0.2) is 4.39 Å². The summed E-state index contributed by atoms with van der Waals surface area (Å²) in [4.78, 5) is 26.2. The number of nitrogens with one attached hydrogen (secondary N) is 1. The lowest BCUT2D eigenvalue weighted by Crippen LogP contribution is -2.36. The molecule has 0 aliphatic carbocycles. The fourth-order valence-corrected chi connectivity index (χ4v) is 2.84. The molecule has 0 aromatic heterocycles. The van der Waals surface area contributed by atoms with Crippen molar-refractivity contribution < 1.29 is 14.0 Å². The van der Waals surface area contributed by atoms with Crippen molar-refractivity contribution in [3.05, 3.63) is 64.9 Å². The third kappa shape index (κ3) is 3.57. The molecule has 124 valence electrons. The summed E-state index contributed by atoms with van der Waals surface area (Å²) in [6, 6.07) is 12.8. The van der Waals surface area contributed by atoms with Crippen LogP contribution in [0.1, 0.15) is 12.0 Å². The summed E-state index contributed by atoms with van der Waals surface area (Å²) in [5, 5.41) is 3.41. The van der Waals surface area contributed by atoms with E-state index in [1.807, 2.05) is 12.1 Å². The van der Waals surface area contributed by atoms with E-state index >= 15 is 0 Å². The van der Waals surface area contributed by atoms with Gasteiger partial charge in [-0.1, -0.05) is 23.7 Å². The third-order valence-corrected chi connectivity index (χ3v) is 4.29. The summed E-state index contributed by atoms with van der Waals surface area (Å²) < 4.78 is 13.0. The lowest BCUT2D eigenvalue weighted by Gasteiger charge is -2.16. The minimum absolute atomic E-state index is 0.254. The number of amides is 2. The zero-order chi connectivity index (χ0) is 17.1. The molecule has 0 unspecified atom stereocenters. The zero-order valence-corrected chi connectivity index (χ0v) is 13.6. The Morgan fingerprint density at radius 2 is 1.83 bits per heavy atom. The van der Waals surface area contributed by atoms with Gasteiger partial charge in [-0.15, -0.1) is 0 Å². The van der Waals surface area contributed by atoms with Crippen LogP contribution < -0.4 is 10.2 Å². The van der Waals surface area contributed by atoms with Gasteiger partial charge in [-0.05, 0) is 48.4 Å². The van der Waals surface area contributed by atoms with Crippen molar-refractivity contribution >= 4 is 29.1 Å². The first-order valence-electron chi connectivity index (χ1n) is 7.64. The van der Waals surface area contributed by atoms with Crippen molar-refractivity contribution in [3.63, 3.8) is 0 Å². The normalized spacial score (nSPS) is 17.2. The predicted molar refractivity (Wildman–Crippen MR) is 90.2 cm³/mol. The molecular weight excluding hydrogens is 331 g/mol. The molecule has 0 radical (unpaired) electrons. The van der Waals surface area contributed by atoms with Crippen LogP contribution >= 0.6 is 11.6 Å². The van der Waals surface area contributed by atoms with Crippen molar-refractivity contribution in [1.82, 2.24) is 5.32 Å². The molecule has 2 amide bonds. The smallest absolute Gasteiger partial charge is 0.239 e. The number of rotatable bonds is 4. The van der Waals surface area contributed by atoms with Crippen LogP contribution in [-0.4, -0.2) is 18.4 Å². The van der Waals surface area contributed by atoms with Gasteiger partial charge >= 0.3 is 0 Å². The zero-order valence-electron chi connectivity index (χ0n) is 12.8. The highest BCUT2D eigenvalue weighted by Crippen LogP contribution is 2.25. The Labute approximate surface area is 144 Å². The van der Waals surface area contributed by atoms with E-state index in [1.165, 1.54) is 17.0 Å². The Kier molecular flexibility index (Phi) is 4.81. The van der Waals surface area contributed by atoms with Crippen LogP contribution in [0.2, 0.25) is 5.02 Å². The maximum absolute atomic E-state index is 13.0. The van der Waals surface area contributed by atoms with Gasteiger partial charge in [0.2, 0.25) is 11.8 Å². The number of hydrogen-bond acceptors (Lipinski definition) is 2. The second kappa shape index (κ2) is 7.01. The largest absolute Gasteiger partial charge is 0.351 e. The Morgan fingerprint density at radius 3 is 2.50 bits per heavy atom. The minimum Gasteiger partial charge on any atom is -0.351 e. The fraction of sp³-hybridized carbons (Fsp3) is 0.222. The van der Waals surface area contributed by atoms with Gasteiger partial charge < -0.3 is 10.2 Å². The van der Waals surface area contributed by atoms with Gasteiger partial charge in [0.05, 0.1) is 0 Å². The maximum atomic E-state index is 13.0. The standard InChI is InChI=1S/C18H16ClFN2O2/c19-13-3-1-12(2-4-13)11-21-17(23)16-9-10-22(18(16)24)15-7-5-14(20)6-8-15/h1-8,16H,9-11H2,(H,21,23)/t16-/m1/s1. The predicted octanol–water partition coefficient (Wildman–Crippen LogP) is 3.15. The van der Waals surface area contributed by atoms with Crippen LogP contribution in [0, 0.1) is 11.7 Å². The highest BCUT2D eigenvalue weighted by molar-refractivity contribution is 6.30. The summed E-state index contributed by atoms with van der Waals surface area (Å²) >= 11 is 5.82. The van der Waals surface area contributed by atoms with Crippen LogP contribution in [0.15, 0.2) is 48.5 Å². The van der Waals surface area contributed by atoms with E-state index in [-0.39, 0.29) is 17.6 Å². The summed E-state index contributed by atoms with van der Waals surface area (Å²) in [7, 11) is 0. The average molecular weight is 347 g/mol. The van der Waals surface area contributed by atoms with E-state index in [1.54, 1.807) is 24.3 Å². The molecular formula is C18H16ClFN2O2. The number of nitrogens with zero attached hydrogens (tertiary/aromatic N) is 1. The molecule has 1 aliphatic heterocycles. The molecule has 6 heteroatoms. The van der Waals surface area contributed by atoms with E-state index < -0.39 is 5.92 Å². The third-order valence-electron chi connectivity index (χ3n) is 4.04. The minimum atomic E-state index is -0.706. The highest BCUT2D eigenvalue weighted by Gasteiger charge is 2.37. The molecule has 1 atom stereocenters. The SMILES string of the molecule is O=C(NCc1ccc(Cl)cc1)[C@H]1CCN(c2ccc(F)cc2)C1=O. The van der Waals surface area contributed by atoms with Crippen LogP contribution in [0.3, 0.4) is 0 Å². The Balaban J connectivity index is 1.61. The van der Waals surface area contributed by atoms with E-state index in [0.29, 0.717) is 30.2 Å². The Hall–Kier alpha value is -2.40. The van der Waals surface area contributed by atoms with Crippen LogP contribution in [0.4, 0.5) is 10.1 Å². The molecule has 0 bridgehead atoms. The van der Waals surface area contributed by atoms with Gasteiger partial charge in [0.1, 0.15) is 11.7 Å². The average Bonchev–Trinajstić information content (AvgIpc) is 2.96. The number of hydrogen-bond donors (Lipinski definition) is 1. The number of carbonyl (C=O) groups excluding carboxylic acids is 2. The quantitative estimate of drug-likeness (QED) is 0.865. The molecule has 0 spiro atoms. The summed E-state index contributed by atoms with van der Waals surface area (Å²) in [6.07, 6.45) is 0.447. The molecule has 4 nitrogen and oxygen atoms in total. The van der Waals surface area contributed by atoms with E-state index in [2.05, 4.69) is 5.32 Å². The molecule has 1 N–H and O–H groups in total. The fourth-order valence-electron chi connectivity index (χ4n) is 2.72. The molecule has 2 aromatic carbocycles. The lowest BCUT2D eigenvalue weighted by atomic mass is 10.1. The first-order valence-corrected chi connectivity index (χ1v) is 8.01. The van der Waals surface area contributed by atoms with Crippen molar-refractivity contribution in [2.75, 3.05) is 11.4 Å². The molecule has 3 rings (SSSR count). The lowest BCUT2D eigenvalue weighted by molar-refractivity contribution is -0.132. The van der Waals surface area contributed by atoms with Gasteiger partial charge in [0.25, 0.3) is 0 Å². The van der Waals surface area contributed by atoms with Crippen molar-refractivity contribution in [1.29, 1.82) is 0 Å². The van der Waals surface area contributed by atoms with Crippen LogP contribution in [0.25, 0.3) is 0 Å². The van der Waals surface area contributed by atoms with E-state index in [4.69, 9.17) is 11.6 Å². The topological polar surface area (TPSA) is 49.4 Å². The Morgan fingerprint density at radius 1 is 1.17 bits per heavy atom. The number of carbonyl (C=O) groups is 2. The highest BCUT2D eigenvalue weighted by atomic mass is 35.5. The first kappa shape index (κ1) is 16.5. The van der Waals surface area contributed by atoms with Gasteiger partial charge in [-0.2, -0.15) is 0 Å². The molecule has 1 aliphatic rings. The van der Waals surface area contributed by atoms with Gasteiger partial charge in [0, 0.05) is 23.8 Å². The number of halogens is 2. The maximum Gasteiger partial charge on any atom is 0.239 e. The molecule has 24 heavy (non-hydrogen) atoms. The van der Waals surface area contributed by atoms with Crippen molar-refractivity contribution in [3.8, 4) is 0 Å². The first-order chi connectivity index (χ1) is 11.5. The summed E-state index contributed by atoms with van der Waals surface area (Å²) in [5.41, 5.74) is 1.52. The van der Waals surface area contributed by atoms with E-state index in [0.717, 1.165) is 5.56 Å². The second-order valence-electron chi connectivity index (χ2n) is 5.65. The summed E-state index contributed by atoms with van der Waals surface area (Å²) in [6.45, 7) is 0.791. The molecule has 1 saturated heterocycles. The van der Waals surface area contributed by atoms with Crippen LogP contribution in [-0.2, 0) is 16.1 Å². The van der Waals surface area contributed by atoms with Crippen molar-refractivity contribution in [2.24, 2.45) is 5.92 Å². The molecule has 0 saturated carbocycles. The van der Waals surface area contributed by atoms with Crippen molar-refractivity contribution in [2.45, 2.75) is 13.0 Å². The monoisotopic (exact) mass is 346 g/mol. The molecule has 1 heterocycles. The van der Waals surface area contributed by atoms with Gasteiger partial charge in [0.15, 0.2) is 0 Å². The number of benzene rings is 2. The van der Waals surface area contributed by atoms with E-state index in [9.17, 15) is 14.0 Å².